The van der Waals surface area contributed by atoms with Crippen LogP contribution in [0, 0.1) is 50.2 Å². The Bertz CT molecular complexity index is 1150. The Hall–Kier alpha value is -1.03. The zero-order valence-corrected chi connectivity index (χ0v) is 27.1. The molecule has 0 aromatic carbocycles. The molecule has 244 valence electrons. The van der Waals surface area contributed by atoms with Gasteiger partial charge in [-0.05, 0) is 104 Å². The first-order chi connectivity index (χ1) is 20.0. The summed E-state index contributed by atoms with van der Waals surface area (Å²) in [6.45, 7) is 13.9. The number of hydrogen-bond acceptors (Lipinski definition) is 7. The van der Waals surface area contributed by atoms with Crippen molar-refractivity contribution in [2.45, 2.75) is 136 Å². The number of aliphatic carboxylic acids is 1. The minimum absolute atomic E-state index is 0.0154. The molecule has 0 unspecified atom stereocenters. The second kappa shape index (κ2) is 10.2. The van der Waals surface area contributed by atoms with Crippen LogP contribution in [-0.4, -0.2) is 75.4 Å². The SMILES string of the molecule is CC1(C)CC[C@]2(C(=O)O)CC[C@]3(C)C(=CC[C@@H]4[C@@]5(C)CC[C@H](O[C@@H]6OC[C@H](O)[C@H](O)[C@H]6O)[C@@](C)(CO)[C@H]5CC[C@]43C)[C@H]2C1. The lowest BCUT2D eigenvalue weighted by Crippen LogP contribution is -2.66. The Morgan fingerprint density at radius 2 is 1.63 bits per heavy atom. The van der Waals surface area contributed by atoms with Gasteiger partial charge >= 0.3 is 5.97 Å². The van der Waals surface area contributed by atoms with Gasteiger partial charge in [0.15, 0.2) is 6.29 Å². The lowest BCUT2D eigenvalue weighted by atomic mass is 9.33. The van der Waals surface area contributed by atoms with E-state index in [0.717, 1.165) is 57.8 Å². The summed E-state index contributed by atoms with van der Waals surface area (Å²) >= 11 is 0. The van der Waals surface area contributed by atoms with Crippen molar-refractivity contribution in [3.05, 3.63) is 11.6 Å². The number of carboxylic acid groups (broad SMARTS) is 1. The van der Waals surface area contributed by atoms with E-state index < -0.39 is 41.4 Å². The van der Waals surface area contributed by atoms with Crippen LogP contribution in [0.4, 0.5) is 0 Å². The minimum atomic E-state index is -1.36. The first-order valence-corrected chi connectivity index (χ1v) is 16.9. The quantitative estimate of drug-likeness (QED) is 0.231. The molecule has 1 saturated heterocycles. The molecular weight excluding hydrogens is 548 g/mol. The van der Waals surface area contributed by atoms with E-state index in [1.54, 1.807) is 0 Å². The summed E-state index contributed by atoms with van der Waals surface area (Å²) in [4.78, 5) is 12.9. The van der Waals surface area contributed by atoms with E-state index in [-0.39, 0.29) is 52.8 Å². The van der Waals surface area contributed by atoms with Gasteiger partial charge < -0.3 is 35.0 Å². The van der Waals surface area contributed by atoms with Gasteiger partial charge in [-0.1, -0.05) is 53.2 Å². The number of allylic oxidation sites excluding steroid dienone is 2. The lowest BCUT2D eigenvalue weighted by molar-refractivity contribution is -0.312. The number of hydrogen-bond donors (Lipinski definition) is 5. The number of carboxylic acids is 1. The van der Waals surface area contributed by atoms with E-state index in [1.807, 2.05) is 0 Å². The number of rotatable bonds is 4. The predicted octanol–water partition coefficient (Wildman–Crippen LogP) is 4.67. The third kappa shape index (κ3) is 4.32. The fourth-order valence-corrected chi connectivity index (χ4v) is 11.9. The molecule has 1 aliphatic heterocycles. The molecule has 6 aliphatic rings. The second-order valence-corrected chi connectivity index (χ2v) is 17.3. The fourth-order valence-electron chi connectivity index (χ4n) is 11.9. The molecule has 13 atom stereocenters. The summed E-state index contributed by atoms with van der Waals surface area (Å²) in [6.07, 6.45) is 6.03. The molecule has 0 amide bonds. The number of aliphatic hydroxyl groups excluding tert-OH is 4. The number of aliphatic hydroxyl groups is 4. The summed E-state index contributed by atoms with van der Waals surface area (Å²) in [5.41, 5.74) is 0.232. The van der Waals surface area contributed by atoms with Crippen molar-refractivity contribution >= 4 is 5.97 Å². The molecule has 5 N–H and O–H groups in total. The maximum Gasteiger partial charge on any atom is 0.310 e. The highest BCUT2D eigenvalue weighted by Gasteiger charge is 2.70. The molecule has 4 saturated carbocycles. The number of fused-ring (bicyclic) bond motifs is 7. The zero-order chi connectivity index (χ0) is 31.4. The van der Waals surface area contributed by atoms with Crippen LogP contribution in [0.3, 0.4) is 0 Å². The fraction of sp³-hybridized carbons (Fsp3) is 0.914. The number of carbonyl (C=O) groups is 1. The van der Waals surface area contributed by atoms with Gasteiger partial charge in [0.05, 0.1) is 24.7 Å². The molecule has 0 radical (unpaired) electrons. The Morgan fingerprint density at radius 3 is 2.30 bits per heavy atom. The summed E-state index contributed by atoms with van der Waals surface area (Å²) in [7, 11) is 0. The van der Waals surface area contributed by atoms with Crippen molar-refractivity contribution in [2.75, 3.05) is 13.2 Å². The minimum Gasteiger partial charge on any atom is -0.481 e. The highest BCUT2D eigenvalue weighted by Crippen LogP contribution is 2.76. The molecule has 5 fully saturated rings. The van der Waals surface area contributed by atoms with Gasteiger partial charge in [-0.3, -0.25) is 4.79 Å². The molecule has 0 spiro atoms. The average Bonchev–Trinajstić information content (AvgIpc) is 2.94. The smallest absolute Gasteiger partial charge is 0.310 e. The first-order valence-electron chi connectivity index (χ1n) is 16.9. The molecule has 0 aromatic rings. The molecular formula is C35H56O8. The van der Waals surface area contributed by atoms with Gasteiger partial charge in [0.1, 0.15) is 18.3 Å². The average molecular weight is 605 g/mol. The van der Waals surface area contributed by atoms with Gasteiger partial charge in [0.25, 0.3) is 0 Å². The summed E-state index contributed by atoms with van der Waals surface area (Å²) in [5.74, 6) is 0.0529. The van der Waals surface area contributed by atoms with Crippen molar-refractivity contribution < 1.29 is 39.8 Å². The summed E-state index contributed by atoms with van der Waals surface area (Å²) in [6, 6.07) is 0. The molecule has 1 heterocycles. The van der Waals surface area contributed by atoms with Crippen LogP contribution in [-0.2, 0) is 14.3 Å². The van der Waals surface area contributed by atoms with Gasteiger partial charge in [0, 0.05) is 5.41 Å². The maximum absolute atomic E-state index is 12.9. The van der Waals surface area contributed by atoms with Gasteiger partial charge in [-0.25, -0.2) is 0 Å². The molecule has 0 bridgehead atoms. The first kappa shape index (κ1) is 31.9. The van der Waals surface area contributed by atoms with Gasteiger partial charge in [-0.15, -0.1) is 0 Å². The molecule has 8 heteroatoms. The third-order valence-electron chi connectivity index (χ3n) is 14.9. The van der Waals surface area contributed by atoms with Crippen LogP contribution in [0.1, 0.15) is 106 Å². The Labute approximate surface area is 257 Å². The topological polar surface area (TPSA) is 137 Å². The van der Waals surface area contributed by atoms with Gasteiger partial charge in [-0.2, -0.15) is 0 Å². The van der Waals surface area contributed by atoms with Crippen molar-refractivity contribution in [1.82, 2.24) is 0 Å². The van der Waals surface area contributed by atoms with Crippen LogP contribution in [0.15, 0.2) is 11.6 Å². The van der Waals surface area contributed by atoms with Crippen LogP contribution in [0.25, 0.3) is 0 Å². The second-order valence-electron chi connectivity index (χ2n) is 17.3. The molecule has 8 nitrogen and oxygen atoms in total. The summed E-state index contributed by atoms with van der Waals surface area (Å²) in [5, 5.41) is 52.3. The Morgan fingerprint density at radius 1 is 0.930 bits per heavy atom. The Kier molecular flexibility index (Phi) is 7.60. The van der Waals surface area contributed by atoms with Crippen molar-refractivity contribution in [3.63, 3.8) is 0 Å². The number of ether oxygens (including phenoxy) is 2. The van der Waals surface area contributed by atoms with Crippen LogP contribution >= 0.6 is 0 Å². The molecule has 43 heavy (non-hydrogen) atoms. The normalized spacial score (nSPS) is 54.3. The van der Waals surface area contributed by atoms with E-state index in [1.165, 1.54) is 5.57 Å². The highest BCUT2D eigenvalue weighted by molar-refractivity contribution is 5.76. The largest absolute Gasteiger partial charge is 0.481 e. The lowest BCUT2D eigenvalue weighted by Gasteiger charge is -2.71. The van der Waals surface area contributed by atoms with E-state index in [9.17, 15) is 30.3 Å². The van der Waals surface area contributed by atoms with Crippen molar-refractivity contribution in [3.8, 4) is 0 Å². The van der Waals surface area contributed by atoms with Crippen molar-refractivity contribution in [2.24, 2.45) is 50.2 Å². The molecule has 6 rings (SSSR count). The maximum atomic E-state index is 12.9. The van der Waals surface area contributed by atoms with Crippen LogP contribution in [0.2, 0.25) is 0 Å². The third-order valence-corrected chi connectivity index (χ3v) is 14.9. The van der Waals surface area contributed by atoms with Gasteiger partial charge in [0.2, 0.25) is 0 Å². The molecule has 0 aromatic heterocycles. The van der Waals surface area contributed by atoms with Crippen molar-refractivity contribution in [1.29, 1.82) is 0 Å². The summed E-state index contributed by atoms with van der Waals surface area (Å²) < 4.78 is 12.0. The zero-order valence-electron chi connectivity index (χ0n) is 27.1. The van der Waals surface area contributed by atoms with E-state index in [4.69, 9.17) is 9.47 Å². The van der Waals surface area contributed by atoms with E-state index in [0.29, 0.717) is 12.3 Å². The standard InChI is InChI=1S/C35H56O8/c1-30(2)13-15-35(29(40)41)16-14-33(5)20(21(35)17-30)7-8-24-31(3)11-10-25(43-28-27(39)26(38)22(37)18-42-28)32(4,19-36)23(31)9-12-34(24,33)6/h7,21-28,36-39H,8-19H2,1-6H3,(H,40,41)/t21-,22+,23+,24-,25+,26+,27-,28+,31+,32+,33-,34-,35+/m1/s1. The van der Waals surface area contributed by atoms with E-state index in [2.05, 4.69) is 47.6 Å². The van der Waals surface area contributed by atoms with Crippen LogP contribution < -0.4 is 0 Å². The highest BCUT2D eigenvalue weighted by atomic mass is 16.7. The Balaban J connectivity index is 1.32. The van der Waals surface area contributed by atoms with E-state index >= 15 is 0 Å². The monoisotopic (exact) mass is 604 g/mol. The predicted molar refractivity (Wildman–Crippen MR) is 161 cm³/mol. The van der Waals surface area contributed by atoms with Crippen LogP contribution in [0.5, 0.6) is 0 Å². The molecule has 5 aliphatic carbocycles.